The van der Waals surface area contributed by atoms with E-state index in [1.807, 2.05) is 30.3 Å². The highest BCUT2D eigenvalue weighted by molar-refractivity contribution is 7.89. The second-order valence-corrected chi connectivity index (χ2v) is 9.18. The normalized spacial score (nSPS) is 15.3. The number of benzene rings is 2. The van der Waals surface area contributed by atoms with Crippen LogP contribution in [0.3, 0.4) is 0 Å². The van der Waals surface area contributed by atoms with Gasteiger partial charge in [0, 0.05) is 30.2 Å². The largest absolute Gasteiger partial charge is 0.321 e. The van der Waals surface area contributed by atoms with Crippen molar-refractivity contribution in [1.82, 2.24) is 9.29 Å². The number of fused-ring (bicyclic) bond motifs is 1. The molecule has 1 aliphatic rings. The van der Waals surface area contributed by atoms with Gasteiger partial charge >= 0.3 is 0 Å². The lowest BCUT2D eigenvalue weighted by Crippen LogP contribution is -2.36. The monoisotopic (exact) mass is 409 g/mol. The fourth-order valence-electron chi connectivity index (χ4n) is 3.67. The van der Waals surface area contributed by atoms with Crippen LogP contribution in [0.4, 0.5) is 5.69 Å². The average molecular weight is 410 g/mol. The van der Waals surface area contributed by atoms with Crippen molar-refractivity contribution in [1.29, 1.82) is 0 Å². The number of nitrogens with one attached hydrogen (secondary N) is 1. The number of aromatic nitrogens is 1. The van der Waals surface area contributed by atoms with Crippen LogP contribution in [-0.2, 0) is 10.0 Å². The summed E-state index contributed by atoms with van der Waals surface area (Å²) in [6.07, 6.45) is 4.49. The second-order valence-electron chi connectivity index (χ2n) is 7.27. The number of nitrogens with zero attached hydrogens (tertiary/aromatic N) is 2. The maximum Gasteiger partial charge on any atom is 0.255 e. The van der Waals surface area contributed by atoms with Crippen LogP contribution in [0.2, 0.25) is 0 Å². The first kappa shape index (κ1) is 19.5. The van der Waals surface area contributed by atoms with Crippen molar-refractivity contribution in [3.05, 3.63) is 65.9 Å². The Morgan fingerprint density at radius 3 is 2.62 bits per heavy atom. The SMILES string of the molecule is Cc1ccc(C(=O)Nc2cccc3ncccc23)cc1S(=O)(=O)N1CCCCC1. The molecule has 0 aliphatic carbocycles. The second kappa shape index (κ2) is 7.93. The Morgan fingerprint density at radius 2 is 1.83 bits per heavy atom. The van der Waals surface area contributed by atoms with Gasteiger partial charge in [0.15, 0.2) is 0 Å². The van der Waals surface area contributed by atoms with E-state index < -0.39 is 10.0 Å². The molecule has 150 valence electrons. The van der Waals surface area contributed by atoms with Gasteiger partial charge in [0.05, 0.1) is 16.1 Å². The fourth-order valence-corrected chi connectivity index (χ4v) is 5.44. The highest BCUT2D eigenvalue weighted by Gasteiger charge is 2.28. The van der Waals surface area contributed by atoms with E-state index in [0.29, 0.717) is 29.9 Å². The van der Waals surface area contributed by atoms with E-state index in [0.717, 1.165) is 30.2 Å². The number of carbonyl (C=O) groups is 1. The highest BCUT2D eigenvalue weighted by atomic mass is 32.2. The smallest absolute Gasteiger partial charge is 0.255 e. The molecule has 0 atom stereocenters. The van der Waals surface area contributed by atoms with Crippen LogP contribution in [0.1, 0.15) is 35.2 Å². The van der Waals surface area contributed by atoms with Crippen molar-refractivity contribution < 1.29 is 13.2 Å². The van der Waals surface area contributed by atoms with Crippen LogP contribution in [-0.4, -0.2) is 36.7 Å². The lowest BCUT2D eigenvalue weighted by molar-refractivity contribution is 0.102. The highest BCUT2D eigenvalue weighted by Crippen LogP contribution is 2.26. The Kier molecular flexibility index (Phi) is 5.34. The number of anilines is 1. The van der Waals surface area contributed by atoms with E-state index in [9.17, 15) is 13.2 Å². The van der Waals surface area contributed by atoms with Crippen LogP contribution in [0, 0.1) is 6.92 Å². The Labute approximate surface area is 170 Å². The summed E-state index contributed by atoms with van der Waals surface area (Å²) in [5.41, 5.74) is 2.37. The Balaban J connectivity index is 1.65. The lowest BCUT2D eigenvalue weighted by atomic mass is 10.1. The molecule has 2 aromatic carbocycles. The number of hydrogen-bond donors (Lipinski definition) is 1. The first-order valence-electron chi connectivity index (χ1n) is 9.73. The Morgan fingerprint density at radius 1 is 1.03 bits per heavy atom. The van der Waals surface area contributed by atoms with Gasteiger partial charge in [-0.3, -0.25) is 9.78 Å². The zero-order chi connectivity index (χ0) is 20.4. The van der Waals surface area contributed by atoms with Crippen LogP contribution in [0.15, 0.2) is 59.6 Å². The van der Waals surface area contributed by atoms with Gasteiger partial charge in [-0.1, -0.05) is 18.6 Å². The summed E-state index contributed by atoms with van der Waals surface area (Å²) in [4.78, 5) is 17.4. The molecular formula is C22H23N3O3S. The van der Waals surface area contributed by atoms with Gasteiger partial charge < -0.3 is 5.32 Å². The summed E-state index contributed by atoms with van der Waals surface area (Å²) in [6, 6.07) is 14.0. The average Bonchev–Trinajstić information content (AvgIpc) is 2.75. The zero-order valence-electron chi connectivity index (χ0n) is 16.3. The topological polar surface area (TPSA) is 79.4 Å². The predicted octanol–water partition coefficient (Wildman–Crippen LogP) is 3.97. The summed E-state index contributed by atoms with van der Waals surface area (Å²) in [7, 11) is -3.61. The molecular weight excluding hydrogens is 386 g/mol. The number of carbonyl (C=O) groups excluding carboxylic acids is 1. The van der Waals surface area contributed by atoms with Crippen molar-refractivity contribution in [2.24, 2.45) is 0 Å². The molecule has 1 saturated heterocycles. The lowest BCUT2D eigenvalue weighted by Gasteiger charge is -2.26. The van der Waals surface area contributed by atoms with Gasteiger partial charge in [-0.15, -0.1) is 0 Å². The minimum absolute atomic E-state index is 0.201. The maximum absolute atomic E-state index is 13.1. The Hall–Kier alpha value is -2.77. The quantitative estimate of drug-likeness (QED) is 0.707. The Bertz CT molecular complexity index is 1160. The van der Waals surface area contributed by atoms with Crippen LogP contribution in [0.25, 0.3) is 10.9 Å². The molecule has 0 spiro atoms. The van der Waals surface area contributed by atoms with E-state index in [2.05, 4.69) is 10.3 Å². The number of hydrogen-bond acceptors (Lipinski definition) is 4. The molecule has 2 heterocycles. The third-order valence-electron chi connectivity index (χ3n) is 5.28. The minimum Gasteiger partial charge on any atom is -0.321 e. The molecule has 6 nitrogen and oxygen atoms in total. The third kappa shape index (κ3) is 3.88. The molecule has 0 bridgehead atoms. The van der Waals surface area contributed by atoms with Crippen molar-refractivity contribution in [2.75, 3.05) is 18.4 Å². The number of piperidine rings is 1. The molecule has 7 heteroatoms. The van der Waals surface area contributed by atoms with Gasteiger partial charge in [0.1, 0.15) is 0 Å². The summed E-state index contributed by atoms with van der Waals surface area (Å²) in [5.74, 6) is -0.351. The molecule has 1 N–H and O–H groups in total. The number of sulfonamides is 1. The molecule has 0 unspecified atom stereocenters. The molecule has 1 aliphatic heterocycles. The van der Waals surface area contributed by atoms with Crippen LogP contribution >= 0.6 is 0 Å². The fraction of sp³-hybridized carbons (Fsp3) is 0.273. The molecule has 0 saturated carbocycles. The van der Waals surface area contributed by atoms with E-state index in [1.54, 1.807) is 25.3 Å². The molecule has 1 fully saturated rings. The van der Waals surface area contributed by atoms with Crippen molar-refractivity contribution in [2.45, 2.75) is 31.1 Å². The maximum atomic E-state index is 13.1. The predicted molar refractivity (Wildman–Crippen MR) is 113 cm³/mol. The molecule has 1 aromatic heterocycles. The van der Waals surface area contributed by atoms with Gasteiger partial charge in [-0.25, -0.2) is 8.42 Å². The van der Waals surface area contributed by atoms with Crippen molar-refractivity contribution >= 4 is 32.5 Å². The molecule has 29 heavy (non-hydrogen) atoms. The summed E-state index contributed by atoms with van der Waals surface area (Å²) in [6.45, 7) is 2.82. The van der Waals surface area contributed by atoms with Crippen molar-refractivity contribution in [3.63, 3.8) is 0 Å². The number of amides is 1. The van der Waals surface area contributed by atoms with Crippen molar-refractivity contribution in [3.8, 4) is 0 Å². The summed E-state index contributed by atoms with van der Waals surface area (Å²) in [5, 5.41) is 3.72. The van der Waals surface area contributed by atoms with Gasteiger partial charge in [0.2, 0.25) is 10.0 Å². The van der Waals surface area contributed by atoms with Gasteiger partial charge in [-0.2, -0.15) is 4.31 Å². The standard InChI is InChI=1S/C22H23N3O3S/c1-16-10-11-17(15-21(16)29(27,28)25-13-3-2-4-14-25)22(26)24-20-9-5-8-19-18(20)7-6-12-23-19/h5-12,15H,2-4,13-14H2,1H3,(H,24,26). The van der Waals surface area contributed by atoms with Gasteiger partial charge in [0.25, 0.3) is 5.91 Å². The zero-order valence-corrected chi connectivity index (χ0v) is 17.1. The summed E-state index contributed by atoms with van der Waals surface area (Å²) >= 11 is 0. The van der Waals surface area contributed by atoms with E-state index in [-0.39, 0.29) is 10.8 Å². The minimum atomic E-state index is -3.61. The van der Waals surface area contributed by atoms with E-state index in [4.69, 9.17) is 0 Å². The van der Waals surface area contributed by atoms with E-state index in [1.165, 1.54) is 10.4 Å². The molecule has 0 radical (unpaired) electrons. The molecule has 4 rings (SSSR count). The number of pyridine rings is 1. The van der Waals surface area contributed by atoms with Crippen LogP contribution < -0.4 is 5.32 Å². The third-order valence-corrected chi connectivity index (χ3v) is 7.32. The van der Waals surface area contributed by atoms with Crippen LogP contribution in [0.5, 0.6) is 0 Å². The number of aryl methyl sites for hydroxylation is 1. The first-order valence-corrected chi connectivity index (χ1v) is 11.2. The molecule has 1 amide bonds. The number of rotatable bonds is 4. The van der Waals surface area contributed by atoms with Gasteiger partial charge in [-0.05, 0) is 61.7 Å². The molecule has 3 aromatic rings. The first-order chi connectivity index (χ1) is 14.0. The van der Waals surface area contributed by atoms with E-state index >= 15 is 0 Å². The summed E-state index contributed by atoms with van der Waals surface area (Å²) < 4.78 is 27.7.